The van der Waals surface area contributed by atoms with E-state index in [2.05, 4.69) is 4.67 Å². The van der Waals surface area contributed by atoms with Crippen molar-refractivity contribution >= 4 is 21.2 Å². The molecule has 92 valence electrons. The monoisotopic (exact) mass is 266 g/mol. The molecule has 15 heavy (non-hydrogen) atoms. The first-order valence-corrected chi connectivity index (χ1v) is 6.68. The highest BCUT2D eigenvalue weighted by atomic mass is 31.2. The molecule has 0 aromatic carbocycles. The Hall–Kier alpha value is -0.270. The van der Waals surface area contributed by atoms with Gasteiger partial charge in [-0.3, -0.25) is 13.9 Å². The minimum atomic E-state index is -4.69. The fourth-order valence-electron chi connectivity index (χ4n) is 0.258. The molecule has 2 atom stereocenters. The van der Waals surface area contributed by atoms with Gasteiger partial charge in [0.05, 0.1) is 0 Å². The van der Waals surface area contributed by atoms with E-state index in [0.29, 0.717) is 0 Å². The zero-order valence-electron chi connectivity index (χ0n) is 7.84. The quantitative estimate of drug-likeness (QED) is 0.274. The molecule has 0 saturated carbocycles. The molecule has 0 aliphatic rings. The fraction of sp³-hybridized carbons (Fsp3) is 0.750. The van der Waals surface area contributed by atoms with Gasteiger partial charge in [-0.15, -0.1) is 0 Å². The van der Waals surface area contributed by atoms with E-state index in [1.165, 1.54) is 0 Å². The minimum Gasteiger partial charge on any atom is -0.481 e. The summed E-state index contributed by atoms with van der Waals surface area (Å²) < 4.78 is 23.9. The van der Waals surface area contributed by atoms with Crippen molar-refractivity contribution in [2.24, 2.45) is 0 Å². The Morgan fingerprint density at radius 1 is 1.27 bits per heavy atom. The summed E-state index contributed by atoms with van der Waals surface area (Å²) in [5.41, 5.74) is 0. The lowest BCUT2D eigenvalue weighted by Gasteiger charge is -2.15. The van der Waals surface area contributed by atoms with Gasteiger partial charge >= 0.3 is 15.2 Å². The molecule has 0 spiro atoms. The van der Waals surface area contributed by atoms with Crippen LogP contribution in [0, 0.1) is 0 Å². The number of rotatable bonds is 3. The van der Waals surface area contributed by atoms with Gasteiger partial charge in [0.2, 0.25) is 0 Å². The zero-order valence-corrected chi connectivity index (χ0v) is 9.63. The van der Waals surface area contributed by atoms with Crippen molar-refractivity contribution in [1.82, 2.24) is 0 Å². The molecule has 0 fully saturated rings. The van der Waals surface area contributed by atoms with E-state index in [-0.39, 0.29) is 0 Å². The summed E-state index contributed by atoms with van der Waals surface area (Å²) in [5, 5.41) is 13.3. The van der Waals surface area contributed by atoms with Gasteiger partial charge in [0.15, 0.2) is 5.40 Å². The highest BCUT2D eigenvalue weighted by molar-refractivity contribution is 7.71. The second kappa shape index (κ2) is 6.34. The van der Waals surface area contributed by atoms with Crippen molar-refractivity contribution in [3.05, 3.63) is 0 Å². The topological polar surface area (TPSA) is 162 Å². The van der Waals surface area contributed by atoms with Crippen molar-refractivity contribution in [2.75, 3.05) is 0 Å². The van der Waals surface area contributed by atoms with Crippen LogP contribution in [0.15, 0.2) is 0 Å². The Labute approximate surface area is 84.9 Å². The van der Waals surface area contributed by atoms with Crippen LogP contribution in [0.3, 0.4) is 0 Å². The predicted octanol–water partition coefficient (Wildman–Crippen LogP) is 0.276. The minimum absolute atomic E-state index is 0.803. The van der Waals surface area contributed by atoms with E-state index < -0.39 is 26.6 Å². The van der Waals surface area contributed by atoms with Crippen molar-refractivity contribution in [1.29, 1.82) is 0 Å². The standard InChI is InChI=1S/C2H8O7P2.C2H4O2/c1-2(10(4,5)6)11(7,8)9-3;1-2(3)4/h2-3H,1H3,(H,7,8)(H2,4,5,6);1H3,(H,3,4). The summed E-state index contributed by atoms with van der Waals surface area (Å²) >= 11 is 0. The van der Waals surface area contributed by atoms with Crippen LogP contribution in [0.2, 0.25) is 0 Å². The summed E-state index contributed by atoms with van der Waals surface area (Å²) in [4.78, 5) is 34.2. The van der Waals surface area contributed by atoms with Crippen LogP contribution >= 0.6 is 15.2 Å². The third-order valence-corrected chi connectivity index (χ3v) is 5.01. The van der Waals surface area contributed by atoms with Crippen LogP contribution in [0.1, 0.15) is 13.8 Å². The molecule has 0 bridgehead atoms. The zero-order chi connectivity index (χ0) is 12.9. The molecule has 9 nitrogen and oxygen atoms in total. The highest BCUT2D eigenvalue weighted by Crippen LogP contribution is 2.61. The first-order chi connectivity index (χ1) is 6.45. The first kappa shape index (κ1) is 17.1. The largest absolute Gasteiger partial charge is 0.481 e. The van der Waals surface area contributed by atoms with Crippen molar-refractivity contribution in [3.8, 4) is 0 Å². The van der Waals surface area contributed by atoms with Crippen LogP contribution in [-0.2, 0) is 18.6 Å². The maximum absolute atomic E-state index is 10.5. The van der Waals surface area contributed by atoms with E-state index in [1.807, 2.05) is 0 Å². The third kappa shape index (κ3) is 8.71. The Balaban J connectivity index is 0. The third-order valence-electron chi connectivity index (χ3n) is 1.08. The highest BCUT2D eigenvalue weighted by Gasteiger charge is 2.41. The maximum atomic E-state index is 10.5. The van der Waals surface area contributed by atoms with Crippen LogP contribution in [0.5, 0.6) is 0 Å². The molecule has 5 N–H and O–H groups in total. The Morgan fingerprint density at radius 2 is 1.53 bits per heavy atom. The van der Waals surface area contributed by atoms with Crippen molar-refractivity contribution < 1.29 is 43.6 Å². The molecule has 0 aromatic heterocycles. The Bertz CT molecular complexity index is 288. The van der Waals surface area contributed by atoms with E-state index in [0.717, 1.165) is 13.8 Å². The molecule has 0 rings (SSSR count). The van der Waals surface area contributed by atoms with Gasteiger partial charge in [0.1, 0.15) is 0 Å². The normalized spacial score (nSPS) is 16.9. The summed E-state index contributed by atoms with van der Waals surface area (Å²) in [6, 6.07) is 0. The molecule has 11 heteroatoms. The summed E-state index contributed by atoms with van der Waals surface area (Å²) in [7, 11) is -9.29. The van der Waals surface area contributed by atoms with Crippen molar-refractivity contribution in [3.63, 3.8) is 0 Å². The average Bonchev–Trinajstić information content (AvgIpc) is 2.00. The lowest BCUT2D eigenvalue weighted by molar-refractivity contribution is -0.146. The van der Waals surface area contributed by atoms with E-state index in [9.17, 15) is 9.13 Å². The number of carbonyl (C=O) groups is 1. The lowest BCUT2D eigenvalue weighted by atomic mass is 10.9. The number of hydrogen-bond acceptors (Lipinski definition) is 5. The molecule has 0 aliphatic carbocycles. The van der Waals surface area contributed by atoms with E-state index >= 15 is 0 Å². The van der Waals surface area contributed by atoms with Crippen LogP contribution in [0.25, 0.3) is 0 Å². The second-order valence-corrected chi connectivity index (χ2v) is 6.81. The summed E-state index contributed by atoms with van der Waals surface area (Å²) in [6.07, 6.45) is 0. The summed E-state index contributed by atoms with van der Waals surface area (Å²) in [6.45, 7) is 1.89. The lowest BCUT2D eigenvalue weighted by Crippen LogP contribution is -2.05. The molecule has 2 unspecified atom stereocenters. The fourth-order valence-corrected chi connectivity index (χ4v) is 2.04. The molecular formula is C4H12O9P2. The first-order valence-electron chi connectivity index (χ1n) is 3.35. The van der Waals surface area contributed by atoms with Gasteiger partial charge in [0, 0.05) is 6.92 Å². The number of carboxylic acids is 1. The molecule has 0 radical (unpaired) electrons. The smallest absolute Gasteiger partial charge is 0.369 e. The molecule has 0 saturated heterocycles. The second-order valence-electron chi connectivity index (χ2n) is 2.39. The Morgan fingerprint density at radius 3 is 1.60 bits per heavy atom. The molecule has 0 aromatic rings. The molecule has 0 heterocycles. The van der Waals surface area contributed by atoms with Gasteiger partial charge in [-0.05, 0) is 6.92 Å². The van der Waals surface area contributed by atoms with E-state index in [4.69, 9.17) is 29.8 Å². The number of carboxylic acid groups (broad SMARTS) is 1. The van der Waals surface area contributed by atoms with Crippen LogP contribution in [0.4, 0.5) is 0 Å². The van der Waals surface area contributed by atoms with Gasteiger partial charge in [-0.25, -0.2) is 5.26 Å². The Kier molecular flexibility index (Phi) is 7.25. The van der Waals surface area contributed by atoms with Gasteiger partial charge in [-0.2, -0.15) is 4.67 Å². The molecule has 0 amide bonds. The molecular weight excluding hydrogens is 254 g/mol. The number of hydrogen-bond donors (Lipinski definition) is 5. The van der Waals surface area contributed by atoms with Gasteiger partial charge < -0.3 is 19.8 Å². The van der Waals surface area contributed by atoms with Gasteiger partial charge in [0.25, 0.3) is 5.97 Å². The van der Waals surface area contributed by atoms with E-state index in [1.54, 1.807) is 0 Å². The van der Waals surface area contributed by atoms with Crippen LogP contribution in [-0.4, -0.2) is 36.4 Å². The SMILES string of the molecule is CC(=O)O.CC(P(=O)(O)O)P(=O)(O)OO. The van der Waals surface area contributed by atoms with Gasteiger partial charge in [-0.1, -0.05) is 0 Å². The molecule has 0 aliphatic heterocycles. The predicted molar refractivity (Wildman–Crippen MR) is 48.4 cm³/mol. The van der Waals surface area contributed by atoms with Crippen molar-refractivity contribution in [2.45, 2.75) is 19.2 Å². The summed E-state index contributed by atoms with van der Waals surface area (Å²) in [5.74, 6) is -0.833. The maximum Gasteiger partial charge on any atom is 0.369 e. The number of aliphatic carboxylic acids is 1. The average molecular weight is 266 g/mol. The van der Waals surface area contributed by atoms with Crippen LogP contribution < -0.4 is 0 Å².